The van der Waals surface area contributed by atoms with E-state index in [0.717, 1.165) is 12.0 Å². The van der Waals surface area contributed by atoms with Crippen LogP contribution in [0, 0.1) is 0 Å². The van der Waals surface area contributed by atoms with E-state index in [1.165, 1.54) is 6.92 Å². The number of esters is 2. The molecule has 0 aliphatic carbocycles. The van der Waals surface area contributed by atoms with Crippen LogP contribution in [0.2, 0.25) is 0 Å². The molecule has 0 bridgehead atoms. The second-order valence-electron chi connectivity index (χ2n) is 11.7. The zero-order valence-corrected chi connectivity index (χ0v) is 28.8. The average Bonchev–Trinajstić information content (AvgIpc) is 3.64. The maximum absolute atomic E-state index is 13.6. The molecule has 0 saturated carbocycles. The molecule has 2 aromatic carbocycles. The van der Waals surface area contributed by atoms with Gasteiger partial charge in [-0.15, -0.1) is 0 Å². The summed E-state index contributed by atoms with van der Waals surface area (Å²) in [5.74, 6) is -4.58. The maximum atomic E-state index is 13.6. The number of rotatable bonds is 19. The molecule has 5 atom stereocenters. The molecule has 1 saturated heterocycles. The van der Waals surface area contributed by atoms with E-state index < -0.39 is 61.4 Å². The summed E-state index contributed by atoms with van der Waals surface area (Å²) in [5, 5.41) is 10.8. The largest absolute Gasteiger partial charge is 0.445 e. The fourth-order valence-electron chi connectivity index (χ4n) is 5.00. The molecular formula is C34H47N4O10P. The second kappa shape index (κ2) is 20.4. The van der Waals surface area contributed by atoms with Gasteiger partial charge in [-0.3, -0.25) is 18.7 Å². The number of unbranched alkanes of at least 4 members (excludes halogenated alkanes) is 2. The smallest absolute Gasteiger partial charge is 0.407 e. The van der Waals surface area contributed by atoms with Crippen LogP contribution in [0.4, 0.5) is 4.79 Å². The first kappa shape index (κ1) is 39.3. The molecule has 268 valence electrons. The summed E-state index contributed by atoms with van der Waals surface area (Å²) in [6, 6.07) is 15.7. The second-order valence-corrected chi connectivity index (χ2v) is 13.7. The van der Waals surface area contributed by atoms with Gasteiger partial charge in [0.1, 0.15) is 24.5 Å². The van der Waals surface area contributed by atoms with Gasteiger partial charge in [0.15, 0.2) is 6.10 Å². The van der Waals surface area contributed by atoms with E-state index >= 15 is 0 Å². The summed E-state index contributed by atoms with van der Waals surface area (Å²) in [7, 11) is -4.71. The minimum atomic E-state index is -4.71. The fraction of sp³-hybridized carbons (Fsp3) is 0.500. The molecule has 5 N–H and O–H groups in total. The van der Waals surface area contributed by atoms with E-state index in [2.05, 4.69) is 21.3 Å². The number of ether oxygens (including phenoxy) is 2. The number of benzene rings is 2. The Morgan fingerprint density at radius 1 is 0.959 bits per heavy atom. The molecule has 1 fully saturated rings. The molecular weight excluding hydrogens is 655 g/mol. The zero-order valence-electron chi connectivity index (χ0n) is 27.9. The summed E-state index contributed by atoms with van der Waals surface area (Å²) in [6.45, 7) is 4.03. The third-order valence-corrected chi connectivity index (χ3v) is 9.57. The molecule has 2 aromatic rings. The van der Waals surface area contributed by atoms with Gasteiger partial charge in [-0.2, -0.15) is 0 Å². The van der Waals surface area contributed by atoms with Crippen LogP contribution in [0.3, 0.4) is 0 Å². The van der Waals surface area contributed by atoms with Crippen LogP contribution in [0.1, 0.15) is 81.1 Å². The first-order valence-corrected chi connectivity index (χ1v) is 18.3. The minimum absolute atomic E-state index is 0.0388. The number of carbonyl (C=O) groups is 5. The van der Waals surface area contributed by atoms with Gasteiger partial charge >= 0.3 is 25.6 Å². The average molecular weight is 703 g/mol. The van der Waals surface area contributed by atoms with E-state index in [9.17, 15) is 33.4 Å². The SMILES string of the molecule is CCCCC(NC(=O)C(CCCCNC(=O)OCc1ccccc1)NC(=O)c1ccccc1)P(=O)(O)OC(C)C(=O)OC(=O)[C@@H]1CCCN1. The van der Waals surface area contributed by atoms with Crippen LogP contribution in [0.15, 0.2) is 60.7 Å². The van der Waals surface area contributed by atoms with Crippen molar-refractivity contribution in [3.05, 3.63) is 71.8 Å². The lowest BCUT2D eigenvalue weighted by Crippen LogP contribution is -2.50. The number of hydrogen-bond acceptors (Lipinski definition) is 10. The first-order chi connectivity index (χ1) is 23.5. The number of amides is 3. The predicted octanol–water partition coefficient (Wildman–Crippen LogP) is 3.93. The third kappa shape index (κ3) is 13.7. The van der Waals surface area contributed by atoms with Crippen molar-refractivity contribution < 1.29 is 47.4 Å². The van der Waals surface area contributed by atoms with Gasteiger partial charge in [-0.05, 0) is 69.7 Å². The highest BCUT2D eigenvalue weighted by atomic mass is 31.2. The van der Waals surface area contributed by atoms with Gasteiger partial charge in [0.25, 0.3) is 5.91 Å². The summed E-state index contributed by atoms with van der Waals surface area (Å²) in [6.07, 6.45) is 1.17. The lowest BCUT2D eigenvalue weighted by Gasteiger charge is -2.27. The Labute approximate surface area is 286 Å². The Morgan fingerprint density at radius 3 is 2.31 bits per heavy atom. The molecule has 1 aliphatic rings. The van der Waals surface area contributed by atoms with Crippen LogP contribution in [0.5, 0.6) is 0 Å². The lowest BCUT2D eigenvalue weighted by atomic mass is 10.1. The molecule has 4 unspecified atom stereocenters. The van der Waals surface area contributed by atoms with Crippen LogP contribution in [-0.4, -0.2) is 71.8 Å². The van der Waals surface area contributed by atoms with Crippen LogP contribution in [0.25, 0.3) is 0 Å². The summed E-state index contributed by atoms with van der Waals surface area (Å²) in [5.41, 5.74) is 1.16. The van der Waals surface area contributed by atoms with E-state index in [-0.39, 0.29) is 26.0 Å². The van der Waals surface area contributed by atoms with E-state index in [1.807, 2.05) is 37.3 Å². The molecule has 0 spiro atoms. The van der Waals surface area contributed by atoms with Gasteiger partial charge < -0.3 is 35.6 Å². The topological polar surface area (TPSA) is 198 Å². The summed E-state index contributed by atoms with van der Waals surface area (Å²) < 4.78 is 28.8. The standard InChI is InChI=1S/C34H47N4O10P/c1-3-4-20-29(49(44,45)48-24(2)32(41)47-33(42)28-19-13-22-35-28)38-31(40)27(37-30(39)26-16-9-6-10-17-26)18-11-12-21-36-34(43)46-23-25-14-7-5-8-15-25/h5-10,14-17,24,27-29,35H,3-4,11-13,18-23H2,1-2H3,(H,36,43)(H,37,39)(H,38,40)(H,44,45)/t24?,27?,28-,29?/m0/s1. The minimum Gasteiger partial charge on any atom is -0.445 e. The normalized spacial score (nSPS) is 17.1. The molecule has 3 amide bonds. The maximum Gasteiger partial charge on any atom is 0.407 e. The van der Waals surface area contributed by atoms with Crippen molar-refractivity contribution in [2.75, 3.05) is 13.1 Å². The van der Waals surface area contributed by atoms with E-state index in [4.69, 9.17) is 14.0 Å². The predicted molar refractivity (Wildman–Crippen MR) is 180 cm³/mol. The van der Waals surface area contributed by atoms with E-state index in [0.29, 0.717) is 44.2 Å². The van der Waals surface area contributed by atoms with Gasteiger partial charge in [-0.1, -0.05) is 68.3 Å². The Kier molecular flexibility index (Phi) is 16.4. The van der Waals surface area contributed by atoms with Gasteiger partial charge in [0, 0.05) is 12.1 Å². The van der Waals surface area contributed by atoms with Crippen molar-refractivity contribution in [2.24, 2.45) is 0 Å². The fourth-order valence-corrected chi connectivity index (χ4v) is 6.48. The van der Waals surface area contributed by atoms with Crippen molar-refractivity contribution in [3.63, 3.8) is 0 Å². The lowest BCUT2D eigenvalue weighted by molar-refractivity contribution is -0.165. The van der Waals surface area contributed by atoms with Crippen molar-refractivity contribution in [1.29, 1.82) is 0 Å². The Balaban J connectivity index is 1.60. The van der Waals surface area contributed by atoms with Crippen molar-refractivity contribution in [1.82, 2.24) is 21.3 Å². The summed E-state index contributed by atoms with van der Waals surface area (Å²) in [4.78, 5) is 74.4. The molecule has 3 rings (SSSR count). The highest BCUT2D eigenvalue weighted by Gasteiger charge is 2.39. The Morgan fingerprint density at radius 2 is 1.65 bits per heavy atom. The highest BCUT2D eigenvalue weighted by Crippen LogP contribution is 2.49. The molecule has 1 aliphatic heterocycles. The van der Waals surface area contributed by atoms with Crippen molar-refractivity contribution in [3.8, 4) is 0 Å². The number of hydrogen-bond donors (Lipinski definition) is 5. The molecule has 0 radical (unpaired) electrons. The van der Waals surface area contributed by atoms with Crippen LogP contribution >= 0.6 is 7.60 Å². The monoisotopic (exact) mass is 702 g/mol. The molecule has 14 nitrogen and oxygen atoms in total. The molecule has 1 heterocycles. The quantitative estimate of drug-likeness (QED) is 0.0615. The zero-order chi connectivity index (χ0) is 35.6. The number of carbonyl (C=O) groups excluding carboxylic acids is 5. The third-order valence-electron chi connectivity index (χ3n) is 7.78. The van der Waals surface area contributed by atoms with Crippen molar-refractivity contribution >= 4 is 37.4 Å². The first-order valence-electron chi connectivity index (χ1n) is 16.6. The highest BCUT2D eigenvalue weighted by molar-refractivity contribution is 7.53. The summed E-state index contributed by atoms with van der Waals surface area (Å²) >= 11 is 0. The molecule has 49 heavy (non-hydrogen) atoms. The number of nitrogens with one attached hydrogen (secondary N) is 4. The van der Waals surface area contributed by atoms with Crippen LogP contribution < -0.4 is 21.3 Å². The Bertz CT molecular complexity index is 1420. The number of alkyl carbamates (subject to hydrolysis) is 1. The molecule has 0 aromatic heterocycles. The van der Waals surface area contributed by atoms with E-state index in [1.54, 1.807) is 30.3 Å². The van der Waals surface area contributed by atoms with Gasteiger partial charge in [0.2, 0.25) is 5.91 Å². The van der Waals surface area contributed by atoms with Crippen LogP contribution in [-0.2, 0) is 39.6 Å². The molecule has 15 heteroatoms. The van der Waals surface area contributed by atoms with Gasteiger partial charge in [-0.25, -0.2) is 14.4 Å². The van der Waals surface area contributed by atoms with Crippen molar-refractivity contribution in [2.45, 2.75) is 95.8 Å². The van der Waals surface area contributed by atoms with Gasteiger partial charge in [0.05, 0.1) is 0 Å². The Hall–Kier alpha value is -4.10.